The first-order valence-electron chi connectivity index (χ1n) is 11.6. The maximum absolute atomic E-state index is 13.4. The molecule has 0 fully saturated rings. The van der Waals surface area contributed by atoms with E-state index in [1.54, 1.807) is 26.0 Å². The maximum Gasteiger partial charge on any atom is 0.270 e. The van der Waals surface area contributed by atoms with Gasteiger partial charge >= 0.3 is 0 Å². The van der Waals surface area contributed by atoms with Crippen LogP contribution in [-0.2, 0) is 29.6 Å². The molecule has 11 heteroatoms. The van der Waals surface area contributed by atoms with Crippen LogP contribution in [0, 0.1) is 0 Å². The molecule has 0 aliphatic heterocycles. The summed E-state index contributed by atoms with van der Waals surface area (Å²) in [6, 6.07) is 18.6. The molecule has 3 aromatic rings. The summed E-state index contributed by atoms with van der Waals surface area (Å²) in [6.07, 6.45) is 0.687. The lowest BCUT2D eigenvalue weighted by Gasteiger charge is -2.26. The van der Waals surface area contributed by atoms with Crippen molar-refractivity contribution >= 4 is 54.8 Å². The molecule has 0 saturated heterocycles. The minimum absolute atomic E-state index is 0.0467. The van der Waals surface area contributed by atoms with Crippen molar-refractivity contribution in [1.82, 2.24) is 0 Å². The second-order valence-corrected chi connectivity index (χ2v) is 12.1. The number of sulfonamides is 2. The predicted octanol–water partition coefficient (Wildman–Crippen LogP) is 5.38. The van der Waals surface area contributed by atoms with Gasteiger partial charge in [0.05, 0.1) is 26.2 Å². The van der Waals surface area contributed by atoms with Gasteiger partial charge in [-0.3, -0.25) is 9.59 Å². The van der Waals surface area contributed by atoms with Crippen molar-refractivity contribution in [3.63, 3.8) is 0 Å². The van der Waals surface area contributed by atoms with Crippen molar-refractivity contribution in [2.75, 3.05) is 8.61 Å². The number of hydrogen-bond acceptors (Lipinski definition) is 6. The molecule has 196 valence electrons. The van der Waals surface area contributed by atoms with Crippen molar-refractivity contribution in [3.05, 3.63) is 83.9 Å². The molecule has 3 rings (SSSR count). The molecule has 3 aromatic carbocycles. The highest BCUT2D eigenvalue weighted by atomic mass is 35.5. The predicted molar refractivity (Wildman–Crippen MR) is 143 cm³/mol. The van der Waals surface area contributed by atoms with Gasteiger partial charge in [0.2, 0.25) is 11.8 Å². The fraction of sp³-hybridized carbons (Fsp3) is 0.231. The molecule has 2 amide bonds. The molecule has 0 saturated carbocycles. The average Bonchev–Trinajstić information content (AvgIpc) is 2.87. The van der Waals surface area contributed by atoms with Crippen molar-refractivity contribution < 1.29 is 26.4 Å². The summed E-state index contributed by atoms with van der Waals surface area (Å²) >= 11 is 6.49. The summed E-state index contributed by atoms with van der Waals surface area (Å²) in [4.78, 5) is 25.8. The molecular formula is C26H27ClN2O6S2. The average molecular weight is 563 g/mol. The Balaban J connectivity index is 2.16. The molecular weight excluding hydrogens is 536 g/mol. The smallest absolute Gasteiger partial charge is 0.270 e. The number of carbonyl (C=O) groups is 2. The first kappa shape index (κ1) is 28.4. The van der Waals surface area contributed by atoms with Crippen molar-refractivity contribution in [1.29, 1.82) is 0 Å². The summed E-state index contributed by atoms with van der Waals surface area (Å²) < 4.78 is 55.0. The Labute approximate surface area is 222 Å². The molecule has 0 unspecified atom stereocenters. The molecule has 8 nitrogen and oxygen atoms in total. The van der Waals surface area contributed by atoms with Gasteiger partial charge in [0.15, 0.2) is 0 Å². The maximum atomic E-state index is 13.4. The SMILES string of the molecule is CCCC(=O)N(c1ccc(N(C(=O)CCC)S(=O)(=O)c2ccccc2)c(Cl)c1)S(=O)(=O)c1ccccc1. The van der Waals surface area contributed by atoms with Crippen LogP contribution in [0.2, 0.25) is 5.02 Å². The summed E-state index contributed by atoms with van der Waals surface area (Å²) in [5.74, 6) is -1.37. The van der Waals surface area contributed by atoms with E-state index in [2.05, 4.69) is 0 Å². The highest BCUT2D eigenvalue weighted by Gasteiger charge is 2.34. The van der Waals surface area contributed by atoms with Gasteiger partial charge < -0.3 is 0 Å². The van der Waals surface area contributed by atoms with E-state index in [4.69, 9.17) is 11.6 Å². The Morgan fingerprint density at radius 3 is 1.54 bits per heavy atom. The van der Waals surface area contributed by atoms with E-state index >= 15 is 0 Å². The molecule has 0 bridgehead atoms. The van der Waals surface area contributed by atoms with Crippen LogP contribution in [0.25, 0.3) is 0 Å². The quantitative estimate of drug-likeness (QED) is 0.328. The summed E-state index contributed by atoms with van der Waals surface area (Å²) in [5, 5.41) is -0.209. The van der Waals surface area contributed by atoms with Gasteiger partial charge in [0, 0.05) is 12.8 Å². The first-order chi connectivity index (χ1) is 17.6. The molecule has 0 heterocycles. The number of anilines is 2. The lowest BCUT2D eigenvalue weighted by Crippen LogP contribution is -2.38. The fourth-order valence-corrected chi connectivity index (χ4v) is 6.89. The molecule has 0 radical (unpaired) electrons. The number of rotatable bonds is 10. The Kier molecular flexibility index (Phi) is 9.12. The van der Waals surface area contributed by atoms with Gasteiger partial charge in [-0.05, 0) is 55.3 Å². The third-order valence-electron chi connectivity index (χ3n) is 5.33. The van der Waals surface area contributed by atoms with Gasteiger partial charge in [-0.2, -0.15) is 0 Å². The molecule has 0 spiro atoms. The van der Waals surface area contributed by atoms with E-state index in [1.165, 1.54) is 66.7 Å². The number of carbonyl (C=O) groups excluding carboxylic acids is 2. The standard InChI is InChI=1S/C26H27ClN2O6S2/c1-3-11-25(30)28(36(32,33)21-13-7-5-8-14-21)20-17-18-24(23(27)19-20)29(26(31)12-4-2)37(34,35)22-15-9-6-10-16-22/h5-10,13-19H,3-4,11-12H2,1-2H3. The number of halogens is 1. The van der Waals surface area contributed by atoms with E-state index in [9.17, 15) is 26.4 Å². The Hall–Kier alpha value is -3.21. The van der Waals surface area contributed by atoms with Gasteiger partial charge in [0.1, 0.15) is 0 Å². The van der Waals surface area contributed by atoms with Crippen LogP contribution in [0.3, 0.4) is 0 Å². The molecule has 37 heavy (non-hydrogen) atoms. The molecule has 0 N–H and O–H groups in total. The lowest BCUT2D eigenvalue weighted by molar-refractivity contribution is -0.118. The van der Waals surface area contributed by atoms with Crippen LogP contribution in [0.15, 0.2) is 88.7 Å². The minimum Gasteiger partial charge on any atom is -0.273 e. The normalized spacial score (nSPS) is 11.6. The first-order valence-corrected chi connectivity index (χ1v) is 14.9. The molecule has 0 aliphatic carbocycles. The van der Waals surface area contributed by atoms with Gasteiger partial charge in [0.25, 0.3) is 20.0 Å². The summed E-state index contributed by atoms with van der Waals surface area (Å²) in [6.45, 7) is 3.48. The van der Waals surface area contributed by atoms with Crippen LogP contribution in [0.5, 0.6) is 0 Å². The fourth-order valence-electron chi connectivity index (χ4n) is 3.63. The van der Waals surface area contributed by atoms with Gasteiger partial charge in [-0.1, -0.05) is 61.8 Å². The van der Waals surface area contributed by atoms with E-state index in [0.29, 0.717) is 21.5 Å². The zero-order chi connectivity index (χ0) is 27.2. The third-order valence-corrected chi connectivity index (χ3v) is 9.14. The van der Waals surface area contributed by atoms with Crippen LogP contribution in [-0.4, -0.2) is 28.6 Å². The van der Waals surface area contributed by atoms with Crippen LogP contribution in [0.1, 0.15) is 39.5 Å². The van der Waals surface area contributed by atoms with E-state index < -0.39 is 31.9 Å². The lowest BCUT2D eigenvalue weighted by atomic mass is 10.2. The highest BCUT2D eigenvalue weighted by Crippen LogP contribution is 2.36. The second kappa shape index (κ2) is 11.9. The van der Waals surface area contributed by atoms with E-state index in [1.807, 2.05) is 0 Å². The highest BCUT2D eigenvalue weighted by molar-refractivity contribution is 7.94. The topological polar surface area (TPSA) is 109 Å². The van der Waals surface area contributed by atoms with Crippen LogP contribution < -0.4 is 8.61 Å². The second-order valence-electron chi connectivity index (χ2n) is 8.09. The monoisotopic (exact) mass is 562 g/mol. The zero-order valence-corrected chi connectivity index (χ0v) is 22.8. The third kappa shape index (κ3) is 6.03. The van der Waals surface area contributed by atoms with Crippen molar-refractivity contribution in [2.24, 2.45) is 0 Å². The number of amides is 2. The zero-order valence-electron chi connectivity index (χ0n) is 20.4. The Bertz CT molecular complexity index is 1480. The minimum atomic E-state index is -4.33. The van der Waals surface area contributed by atoms with Gasteiger partial charge in [-0.15, -0.1) is 0 Å². The Morgan fingerprint density at radius 1 is 0.676 bits per heavy atom. The van der Waals surface area contributed by atoms with Crippen LogP contribution >= 0.6 is 11.6 Å². The van der Waals surface area contributed by atoms with E-state index in [0.717, 1.165) is 0 Å². The van der Waals surface area contributed by atoms with E-state index in [-0.39, 0.29) is 39.0 Å². The van der Waals surface area contributed by atoms with Crippen molar-refractivity contribution in [2.45, 2.75) is 49.3 Å². The van der Waals surface area contributed by atoms with Gasteiger partial charge in [-0.25, -0.2) is 25.4 Å². The largest absolute Gasteiger partial charge is 0.273 e. The summed E-state index contributed by atoms with van der Waals surface area (Å²) in [5.41, 5.74) is -0.219. The van der Waals surface area contributed by atoms with Crippen molar-refractivity contribution in [3.8, 4) is 0 Å². The number of benzene rings is 3. The molecule has 0 aromatic heterocycles. The number of hydrogen-bond donors (Lipinski definition) is 0. The summed E-state index contributed by atoms with van der Waals surface area (Å²) in [7, 11) is -8.62. The van der Waals surface area contributed by atoms with Crippen LogP contribution in [0.4, 0.5) is 11.4 Å². The number of nitrogens with zero attached hydrogens (tertiary/aromatic N) is 2. The Morgan fingerprint density at radius 2 is 1.11 bits per heavy atom. The molecule has 0 aliphatic rings. The molecule has 0 atom stereocenters.